The Kier molecular flexibility index (Phi) is 5.25. The van der Waals surface area contributed by atoms with Crippen molar-refractivity contribution in [3.63, 3.8) is 0 Å². The molecule has 0 saturated carbocycles. The fourth-order valence-corrected chi connectivity index (χ4v) is 3.26. The summed E-state index contributed by atoms with van der Waals surface area (Å²) in [7, 11) is 0. The van der Waals surface area contributed by atoms with Crippen molar-refractivity contribution in [2.45, 2.75) is 46.0 Å². The van der Waals surface area contributed by atoms with Crippen molar-refractivity contribution < 1.29 is 4.79 Å². The highest BCUT2D eigenvalue weighted by atomic mass is 16.2. The van der Waals surface area contributed by atoms with Crippen molar-refractivity contribution in [2.75, 3.05) is 18.4 Å². The van der Waals surface area contributed by atoms with Crippen molar-refractivity contribution in [1.82, 2.24) is 14.9 Å². The quantitative estimate of drug-likeness (QED) is 0.890. The maximum absolute atomic E-state index is 12.6. The first-order valence-corrected chi connectivity index (χ1v) is 9.32. The number of hydrogen-bond acceptors (Lipinski definition) is 4. The number of nitrogens with zero attached hydrogens (tertiary/aromatic N) is 3. The van der Waals surface area contributed by atoms with Gasteiger partial charge < -0.3 is 10.2 Å². The minimum atomic E-state index is -0.0222. The molecule has 0 atom stereocenters. The summed E-state index contributed by atoms with van der Waals surface area (Å²) in [4.78, 5) is 23.2. The van der Waals surface area contributed by atoms with Crippen LogP contribution in [0, 0.1) is 5.92 Å². The SMILES string of the molecule is CC1CCN(C(=O)c2cnc(Nc3ccccc3C(C)(C)C)cn2)CC1. The molecule has 1 saturated heterocycles. The van der Waals surface area contributed by atoms with Crippen LogP contribution < -0.4 is 5.32 Å². The lowest BCUT2D eigenvalue weighted by Crippen LogP contribution is -2.38. The molecule has 2 aromatic rings. The van der Waals surface area contributed by atoms with Gasteiger partial charge in [-0.05, 0) is 35.8 Å². The molecular weight excluding hydrogens is 324 g/mol. The molecule has 0 spiro atoms. The molecule has 1 aromatic heterocycles. The molecule has 1 N–H and O–H groups in total. The van der Waals surface area contributed by atoms with E-state index in [1.165, 1.54) is 5.56 Å². The molecular formula is C21H28N4O. The van der Waals surface area contributed by atoms with Crippen LogP contribution in [0.2, 0.25) is 0 Å². The fraction of sp³-hybridized carbons (Fsp3) is 0.476. The van der Waals surface area contributed by atoms with E-state index in [0.29, 0.717) is 17.4 Å². The molecule has 1 amide bonds. The molecule has 2 heterocycles. The van der Waals surface area contributed by atoms with Crippen molar-refractivity contribution >= 4 is 17.4 Å². The van der Waals surface area contributed by atoms with Gasteiger partial charge in [-0.15, -0.1) is 0 Å². The molecule has 3 rings (SSSR count). The normalized spacial score (nSPS) is 15.8. The molecule has 1 aliphatic heterocycles. The van der Waals surface area contributed by atoms with Crippen LogP contribution in [0.5, 0.6) is 0 Å². The Labute approximate surface area is 155 Å². The lowest BCUT2D eigenvalue weighted by atomic mass is 9.86. The minimum Gasteiger partial charge on any atom is -0.339 e. The van der Waals surface area contributed by atoms with Gasteiger partial charge in [-0.2, -0.15) is 0 Å². The second-order valence-electron chi connectivity index (χ2n) is 8.18. The van der Waals surface area contributed by atoms with Crippen molar-refractivity contribution in [3.8, 4) is 0 Å². The first kappa shape index (κ1) is 18.4. The Balaban J connectivity index is 1.72. The van der Waals surface area contributed by atoms with E-state index < -0.39 is 0 Å². The topological polar surface area (TPSA) is 58.1 Å². The van der Waals surface area contributed by atoms with Gasteiger partial charge in [0.25, 0.3) is 5.91 Å². The van der Waals surface area contributed by atoms with Crippen molar-refractivity contribution in [1.29, 1.82) is 0 Å². The summed E-state index contributed by atoms with van der Waals surface area (Å²) in [6.45, 7) is 10.4. The summed E-state index contributed by atoms with van der Waals surface area (Å²) in [6, 6.07) is 8.19. The largest absolute Gasteiger partial charge is 0.339 e. The third-order valence-corrected chi connectivity index (χ3v) is 4.94. The molecule has 0 bridgehead atoms. The first-order valence-electron chi connectivity index (χ1n) is 9.32. The Morgan fingerprint density at radius 3 is 2.42 bits per heavy atom. The maximum atomic E-state index is 12.6. The summed E-state index contributed by atoms with van der Waals surface area (Å²) in [6.07, 6.45) is 5.33. The lowest BCUT2D eigenvalue weighted by molar-refractivity contribution is 0.0691. The molecule has 5 nitrogen and oxygen atoms in total. The highest BCUT2D eigenvalue weighted by Crippen LogP contribution is 2.30. The predicted molar refractivity (Wildman–Crippen MR) is 105 cm³/mol. The van der Waals surface area contributed by atoms with E-state index >= 15 is 0 Å². The number of piperidine rings is 1. The van der Waals surface area contributed by atoms with Crippen LogP contribution in [0.4, 0.5) is 11.5 Å². The van der Waals surface area contributed by atoms with E-state index in [4.69, 9.17) is 0 Å². The molecule has 0 radical (unpaired) electrons. The third-order valence-electron chi connectivity index (χ3n) is 4.94. The van der Waals surface area contributed by atoms with Crippen LogP contribution in [0.3, 0.4) is 0 Å². The van der Waals surface area contributed by atoms with Gasteiger partial charge in [-0.25, -0.2) is 9.97 Å². The second-order valence-corrected chi connectivity index (χ2v) is 8.18. The Hall–Kier alpha value is -2.43. The summed E-state index contributed by atoms with van der Waals surface area (Å²) in [5.74, 6) is 1.32. The first-order chi connectivity index (χ1) is 12.3. The van der Waals surface area contributed by atoms with Crippen molar-refractivity contribution in [3.05, 3.63) is 47.9 Å². The van der Waals surface area contributed by atoms with Gasteiger partial charge in [-0.1, -0.05) is 45.9 Å². The molecule has 1 fully saturated rings. The van der Waals surface area contributed by atoms with Crippen LogP contribution in [-0.4, -0.2) is 33.9 Å². The van der Waals surface area contributed by atoms with Crippen LogP contribution in [0.25, 0.3) is 0 Å². The molecule has 26 heavy (non-hydrogen) atoms. The number of anilines is 2. The number of aromatic nitrogens is 2. The van der Waals surface area contributed by atoms with E-state index in [9.17, 15) is 4.79 Å². The molecule has 0 unspecified atom stereocenters. The van der Waals surface area contributed by atoms with Crippen LogP contribution in [0.1, 0.15) is 56.6 Å². The van der Waals surface area contributed by atoms with E-state index in [0.717, 1.165) is 31.6 Å². The van der Waals surface area contributed by atoms with Gasteiger partial charge >= 0.3 is 0 Å². The summed E-state index contributed by atoms with van der Waals surface area (Å²) < 4.78 is 0. The number of carbonyl (C=O) groups is 1. The van der Waals surface area contributed by atoms with Gasteiger partial charge in [0.1, 0.15) is 11.5 Å². The van der Waals surface area contributed by atoms with Crippen LogP contribution in [-0.2, 0) is 5.41 Å². The van der Waals surface area contributed by atoms with E-state index in [1.807, 2.05) is 23.1 Å². The summed E-state index contributed by atoms with van der Waals surface area (Å²) in [5, 5.41) is 3.33. The number of para-hydroxylation sites is 1. The van der Waals surface area contributed by atoms with Crippen LogP contribution >= 0.6 is 0 Å². The van der Waals surface area contributed by atoms with Gasteiger partial charge in [0.2, 0.25) is 0 Å². The number of amides is 1. The number of nitrogens with one attached hydrogen (secondary N) is 1. The standard InChI is InChI=1S/C21H28N4O/c1-15-9-11-25(12-10-15)20(26)18-13-23-19(14-22-18)24-17-8-6-5-7-16(17)21(2,3)4/h5-8,13-15H,9-12H2,1-4H3,(H,23,24). The van der Waals surface area contributed by atoms with E-state index in [2.05, 4.69) is 49.0 Å². The highest BCUT2D eigenvalue weighted by molar-refractivity contribution is 5.92. The van der Waals surface area contributed by atoms with Gasteiger partial charge in [0.05, 0.1) is 12.4 Å². The minimum absolute atomic E-state index is 0.0222. The summed E-state index contributed by atoms with van der Waals surface area (Å²) >= 11 is 0. The second kappa shape index (κ2) is 7.44. The number of likely N-dealkylation sites (tertiary alicyclic amines) is 1. The zero-order valence-corrected chi connectivity index (χ0v) is 16.1. The number of hydrogen-bond donors (Lipinski definition) is 1. The average molecular weight is 352 g/mol. The molecule has 0 aliphatic carbocycles. The monoisotopic (exact) mass is 352 g/mol. The third kappa shape index (κ3) is 4.21. The van der Waals surface area contributed by atoms with Crippen LogP contribution in [0.15, 0.2) is 36.7 Å². The molecule has 1 aromatic carbocycles. The maximum Gasteiger partial charge on any atom is 0.274 e. The average Bonchev–Trinajstić information content (AvgIpc) is 2.62. The number of rotatable bonds is 3. The predicted octanol–water partition coefficient (Wildman–Crippen LogP) is 4.39. The number of carbonyl (C=O) groups excluding carboxylic acids is 1. The molecule has 1 aliphatic rings. The Morgan fingerprint density at radius 2 is 1.81 bits per heavy atom. The summed E-state index contributed by atoms with van der Waals surface area (Å²) in [5.41, 5.74) is 2.66. The van der Waals surface area contributed by atoms with Crippen molar-refractivity contribution in [2.24, 2.45) is 5.92 Å². The molecule has 138 valence electrons. The number of benzene rings is 1. The van der Waals surface area contributed by atoms with E-state index in [1.54, 1.807) is 12.4 Å². The van der Waals surface area contributed by atoms with E-state index in [-0.39, 0.29) is 11.3 Å². The molecule has 5 heteroatoms. The van der Waals surface area contributed by atoms with Gasteiger partial charge in [0, 0.05) is 18.8 Å². The lowest BCUT2D eigenvalue weighted by Gasteiger charge is -2.29. The smallest absolute Gasteiger partial charge is 0.274 e. The zero-order valence-electron chi connectivity index (χ0n) is 16.1. The fourth-order valence-electron chi connectivity index (χ4n) is 3.26. The zero-order chi connectivity index (χ0) is 18.7. The Morgan fingerprint density at radius 1 is 1.12 bits per heavy atom. The van der Waals surface area contributed by atoms with Gasteiger partial charge in [-0.3, -0.25) is 4.79 Å². The van der Waals surface area contributed by atoms with Gasteiger partial charge in [0.15, 0.2) is 0 Å². The Bertz CT molecular complexity index is 756. The highest BCUT2D eigenvalue weighted by Gasteiger charge is 2.22.